The SMILES string of the molecule is CCCCCCCCCCCCCC/C=C/[C@@H](O)C(CO[C@@H]1OC(CO)[C@@H](O[C@@H]2OC(CO)[C@H](O)C(O[C@]3(C(=O)O)CC(O)[C@@H](NC(C)=O)C(C(O)C(CO)OC)O3)C2O)C(O)C1O)NC(=O)[C@H](O)CCCCCCCCCCCCCCCCCCCC. The highest BCUT2D eigenvalue weighted by Crippen LogP contribution is 2.39. The maximum absolute atomic E-state index is 13.5. The van der Waals surface area contributed by atoms with Crippen LogP contribution in [0.5, 0.6) is 0 Å². The Morgan fingerprint density at radius 2 is 1.10 bits per heavy atom. The second kappa shape index (κ2) is 46.5. The Balaban J connectivity index is 1.65. The summed E-state index contributed by atoms with van der Waals surface area (Å²) in [4.78, 5) is 38.8. The zero-order chi connectivity index (χ0) is 65.6. The molecule has 522 valence electrons. The van der Waals surface area contributed by atoms with Crippen LogP contribution in [0.25, 0.3) is 0 Å². The second-order valence-electron chi connectivity index (χ2n) is 25.0. The number of aliphatic carboxylic acids is 1. The van der Waals surface area contributed by atoms with Crippen molar-refractivity contribution in [3.8, 4) is 0 Å². The Labute approximate surface area is 529 Å². The number of carbonyl (C=O) groups excluding carboxylic acids is 2. The van der Waals surface area contributed by atoms with Crippen molar-refractivity contribution in [2.45, 2.75) is 349 Å². The van der Waals surface area contributed by atoms with Crippen molar-refractivity contribution in [1.29, 1.82) is 0 Å². The van der Waals surface area contributed by atoms with Crippen LogP contribution in [0, 0.1) is 0 Å². The first-order valence-corrected chi connectivity index (χ1v) is 34.1. The quantitative estimate of drug-likeness (QED) is 0.0289. The number of ether oxygens (including phenoxy) is 7. The van der Waals surface area contributed by atoms with E-state index in [1.807, 2.05) is 0 Å². The molecular formula is C65H120N2O22. The molecule has 3 aliphatic heterocycles. The van der Waals surface area contributed by atoms with Crippen molar-refractivity contribution in [3.05, 3.63) is 12.2 Å². The van der Waals surface area contributed by atoms with Crippen molar-refractivity contribution < 1.29 is 109 Å². The van der Waals surface area contributed by atoms with Gasteiger partial charge in [0, 0.05) is 20.5 Å². The van der Waals surface area contributed by atoms with Gasteiger partial charge in [-0.1, -0.05) is 212 Å². The molecule has 14 N–H and O–H groups in total. The van der Waals surface area contributed by atoms with Gasteiger partial charge in [0.1, 0.15) is 73.2 Å². The number of aliphatic hydroxyl groups excluding tert-OH is 11. The molecule has 0 bridgehead atoms. The summed E-state index contributed by atoms with van der Waals surface area (Å²) in [5.74, 6) is -6.46. The van der Waals surface area contributed by atoms with E-state index in [1.165, 1.54) is 141 Å². The van der Waals surface area contributed by atoms with Gasteiger partial charge in [-0.3, -0.25) is 9.59 Å². The van der Waals surface area contributed by atoms with Gasteiger partial charge in [0.25, 0.3) is 5.79 Å². The first kappa shape index (κ1) is 80.7. The first-order valence-electron chi connectivity index (χ1n) is 34.1. The fourth-order valence-corrected chi connectivity index (χ4v) is 12.0. The molecule has 11 unspecified atom stereocenters. The molecule has 3 aliphatic rings. The number of carbonyl (C=O) groups is 3. The molecule has 0 saturated carbocycles. The predicted molar refractivity (Wildman–Crippen MR) is 331 cm³/mol. The molecule has 0 aromatic heterocycles. The van der Waals surface area contributed by atoms with E-state index in [9.17, 15) is 75.7 Å². The Hall–Kier alpha value is -2.57. The van der Waals surface area contributed by atoms with Crippen LogP contribution in [0.1, 0.15) is 233 Å². The minimum absolute atomic E-state index is 0.187. The second-order valence-corrected chi connectivity index (χ2v) is 25.0. The lowest BCUT2D eigenvalue weighted by atomic mass is 9.88. The molecule has 0 radical (unpaired) electrons. The van der Waals surface area contributed by atoms with Crippen LogP contribution >= 0.6 is 0 Å². The molecule has 0 aromatic rings. The molecule has 89 heavy (non-hydrogen) atoms. The van der Waals surface area contributed by atoms with Gasteiger partial charge in [-0.05, 0) is 19.3 Å². The van der Waals surface area contributed by atoms with Gasteiger partial charge in [-0.15, -0.1) is 0 Å². The van der Waals surface area contributed by atoms with Crippen molar-refractivity contribution in [2.75, 3.05) is 33.5 Å². The number of amides is 2. The zero-order valence-corrected chi connectivity index (χ0v) is 54.2. The van der Waals surface area contributed by atoms with Gasteiger partial charge in [-0.2, -0.15) is 0 Å². The van der Waals surface area contributed by atoms with E-state index in [1.54, 1.807) is 6.08 Å². The molecule has 3 heterocycles. The van der Waals surface area contributed by atoms with Crippen LogP contribution in [-0.4, -0.2) is 229 Å². The highest BCUT2D eigenvalue weighted by Gasteiger charge is 2.60. The highest BCUT2D eigenvalue weighted by atomic mass is 16.8. The third kappa shape index (κ3) is 28.9. The van der Waals surface area contributed by atoms with Crippen molar-refractivity contribution in [1.82, 2.24) is 10.6 Å². The lowest BCUT2D eigenvalue weighted by Crippen LogP contribution is -2.71. The number of nitrogens with one attached hydrogen (secondary N) is 2. The zero-order valence-electron chi connectivity index (χ0n) is 54.2. The van der Waals surface area contributed by atoms with Crippen molar-refractivity contribution in [2.24, 2.45) is 0 Å². The van der Waals surface area contributed by atoms with E-state index >= 15 is 0 Å². The summed E-state index contributed by atoms with van der Waals surface area (Å²) < 4.78 is 40.0. The van der Waals surface area contributed by atoms with E-state index < -0.39 is 167 Å². The minimum Gasteiger partial charge on any atom is -0.477 e. The molecule has 24 nitrogen and oxygen atoms in total. The Kier molecular flexibility index (Phi) is 42.2. The topological polar surface area (TPSA) is 383 Å². The first-order chi connectivity index (χ1) is 42.8. The average molecular weight is 1280 g/mol. The van der Waals surface area contributed by atoms with Gasteiger partial charge < -0.3 is 105 Å². The third-order valence-corrected chi connectivity index (χ3v) is 17.6. The number of aliphatic hydroxyl groups is 11. The normalized spacial score (nSPS) is 29.2. The van der Waals surface area contributed by atoms with Crippen molar-refractivity contribution in [3.63, 3.8) is 0 Å². The van der Waals surface area contributed by atoms with Crippen LogP contribution in [0.15, 0.2) is 12.2 Å². The maximum atomic E-state index is 13.5. The fourth-order valence-electron chi connectivity index (χ4n) is 12.0. The van der Waals surface area contributed by atoms with Crippen molar-refractivity contribution >= 4 is 17.8 Å². The minimum atomic E-state index is -3.04. The molecule has 3 saturated heterocycles. The molecule has 0 aromatic carbocycles. The van der Waals surface area contributed by atoms with E-state index in [0.29, 0.717) is 12.8 Å². The standard InChI is InChI=1S/C65H120N2O22/c1-5-7-9-11-13-15-17-19-21-22-23-24-26-28-30-32-34-36-38-47(73)61(80)67-45(46(72)37-35-33-31-29-27-25-20-18-16-14-12-10-8-6-2)43-84-62-56(78)55(77)58(51(42-70)86-62)87-63-57(79)60(54(76)50(41-69)85-63)89-65(64(81)82)39-48(74)52(66-44(3)71)59(88-65)53(75)49(40-68)83-4/h35,37,45-60,62-63,68-70,72-79H,5-34,36,38-43H2,1-4H3,(H,66,71)(H,67,80)(H,81,82)/b37-35+/t45?,46-,47-,48?,49?,50?,51?,52-,53?,54+,55?,56?,57?,58-,59?,60?,62-,63+,65+/m1/s1. The van der Waals surface area contributed by atoms with Crippen LogP contribution in [-0.2, 0) is 47.5 Å². The summed E-state index contributed by atoms with van der Waals surface area (Å²) in [6.45, 7) is 2.25. The summed E-state index contributed by atoms with van der Waals surface area (Å²) in [7, 11) is 1.11. The summed E-state index contributed by atoms with van der Waals surface area (Å²) in [5.41, 5.74) is 0. The smallest absolute Gasteiger partial charge is 0.364 e. The Morgan fingerprint density at radius 3 is 1.56 bits per heavy atom. The monoisotopic (exact) mass is 1280 g/mol. The molecule has 3 rings (SSSR count). The number of carboxylic acid groups (broad SMARTS) is 1. The Bertz CT molecular complexity index is 1870. The summed E-state index contributed by atoms with van der Waals surface area (Å²) in [6.07, 6.45) is 9.83. The number of allylic oxidation sites excluding steroid dienone is 1. The van der Waals surface area contributed by atoms with Crippen LogP contribution < -0.4 is 10.6 Å². The van der Waals surface area contributed by atoms with Crippen LogP contribution in [0.3, 0.4) is 0 Å². The Morgan fingerprint density at radius 1 is 0.618 bits per heavy atom. The van der Waals surface area contributed by atoms with Gasteiger partial charge >= 0.3 is 5.97 Å². The van der Waals surface area contributed by atoms with Gasteiger partial charge in [-0.25, -0.2) is 4.79 Å². The number of hydrogen-bond acceptors (Lipinski definition) is 21. The lowest BCUT2D eigenvalue weighted by Gasteiger charge is -2.50. The number of rotatable bonds is 51. The highest BCUT2D eigenvalue weighted by molar-refractivity contribution is 5.80. The van der Waals surface area contributed by atoms with Crippen LogP contribution in [0.4, 0.5) is 0 Å². The summed E-state index contributed by atoms with van der Waals surface area (Å²) in [6, 6.07) is -2.71. The van der Waals surface area contributed by atoms with E-state index in [4.69, 9.17) is 33.2 Å². The molecule has 2 amide bonds. The van der Waals surface area contributed by atoms with Crippen LogP contribution in [0.2, 0.25) is 0 Å². The molecule has 0 aliphatic carbocycles. The summed E-state index contributed by atoms with van der Waals surface area (Å²) in [5, 5.41) is 137. The molecule has 3 fully saturated rings. The van der Waals surface area contributed by atoms with Gasteiger partial charge in [0.15, 0.2) is 12.6 Å². The summed E-state index contributed by atoms with van der Waals surface area (Å²) >= 11 is 0. The van der Waals surface area contributed by atoms with Gasteiger partial charge in [0.05, 0.1) is 50.7 Å². The van der Waals surface area contributed by atoms with Gasteiger partial charge in [0.2, 0.25) is 11.8 Å². The lowest BCUT2D eigenvalue weighted by molar-refractivity contribution is -0.386. The molecular weight excluding hydrogens is 1160 g/mol. The molecule has 19 atom stereocenters. The number of carboxylic acids is 1. The number of hydrogen-bond donors (Lipinski definition) is 14. The number of unbranched alkanes of at least 4 members (excludes halogenated alkanes) is 29. The number of methoxy groups -OCH3 is 1. The van der Waals surface area contributed by atoms with E-state index in [-0.39, 0.29) is 6.42 Å². The van der Waals surface area contributed by atoms with E-state index in [2.05, 4.69) is 24.5 Å². The molecule has 0 spiro atoms. The third-order valence-electron chi connectivity index (χ3n) is 17.6. The average Bonchev–Trinajstić information content (AvgIpc) is 0.816. The fraction of sp³-hybridized carbons (Fsp3) is 0.923. The maximum Gasteiger partial charge on any atom is 0.364 e. The predicted octanol–water partition coefficient (Wildman–Crippen LogP) is 4.74. The largest absolute Gasteiger partial charge is 0.477 e. The molecule has 24 heteroatoms. The van der Waals surface area contributed by atoms with E-state index in [0.717, 1.165) is 65.4 Å².